The third-order valence-electron chi connectivity index (χ3n) is 6.68. The van der Waals surface area contributed by atoms with Crippen LogP contribution in [0.5, 0.6) is 5.75 Å². The molecule has 0 saturated carbocycles. The molecule has 0 spiro atoms. The van der Waals surface area contributed by atoms with Crippen molar-refractivity contribution in [2.45, 2.75) is 50.5 Å². The molecular weight excluding hydrogens is 470 g/mol. The Balaban J connectivity index is 1.68. The van der Waals surface area contributed by atoms with Crippen LogP contribution in [-0.4, -0.2) is 53.1 Å². The number of carbonyl (C=O) groups excluding carboxylic acids is 2. The summed E-state index contributed by atoms with van der Waals surface area (Å²) < 4.78 is 45.2. The zero-order valence-electron chi connectivity index (χ0n) is 20.3. The predicted octanol–water partition coefficient (Wildman–Crippen LogP) is 4.01. The molecule has 2 aliphatic heterocycles. The van der Waals surface area contributed by atoms with Crippen molar-refractivity contribution in [2.24, 2.45) is 5.92 Å². The smallest absolute Gasteiger partial charge is 0.341 e. The van der Waals surface area contributed by atoms with E-state index in [1.165, 1.54) is 36.5 Å². The molecule has 8 nitrogen and oxygen atoms in total. The number of anilines is 1. The Bertz CT molecular complexity index is 1220. The van der Waals surface area contributed by atoms with E-state index in [4.69, 9.17) is 14.2 Å². The van der Waals surface area contributed by atoms with E-state index in [-0.39, 0.29) is 22.3 Å². The van der Waals surface area contributed by atoms with Gasteiger partial charge in [-0.05, 0) is 87.4 Å². The Morgan fingerprint density at radius 3 is 2.51 bits per heavy atom. The topological polar surface area (TPSA) is 99.2 Å². The maximum Gasteiger partial charge on any atom is 0.341 e. The summed E-state index contributed by atoms with van der Waals surface area (Å²) in [5, 5.41) is 0. The number of aryl methyl sites for hydroxylation is 1. The van der Waals surface area contributed by atoms with E-state index in [0.717, 1.165) is 18.4 Å². The number of hydrogen-bond acceptors (Lipinski definition) is 7. The lowest BCUT2D eigenvalue weighted by atomic mass is 9.96. The Labute approximate surface area is 206 Å². The lowest BCUT2D eigenvalue weighted by Crippen LogP contribution is -2.42. The van der Waals surface area contributed by atoms with Crippen LogP contribution in [0.25, 0.3) is 0 Å². The van der Waals surface area contributed by atoms with Gasteiger partial charge >= 0.3 is 5.97 Å². The highest BCUT2D eigenvalue weighted by atomic mass is 32.2. The molecule has 35 heavy (non-hydrogen) atoms. The molecule has 1 fully saturated rings. The fourth-order valence-electron chi connectivity index (χ4n) is 4.60. The van der Waals surface area contributed by atoms with Crippen molar-refractivity contribution in [3.8, 4) is 5.75 Å². The summed E-state index contributed by atoms with van der Waals surface area (Å²) in [4.78, 5) is 24.3. The summed E-state index contributed by atoms with van der Waals surface area (Å²) in [5.41, 5.74) is 1.98. The summed E-state index contributed by atoms with van der Waals surface area (Å²) in [6.45, 7) is 5.11. The monoisotopic (exact) mass is 501 g/mol. The van der Waals surface area contributed by atoms with E-state index in [1.807, 2.05) is 6.92 Å². The zero-order chi connectivity index (χ0) is 25.2. The van der Waals surface area contributed by atoms with Crippen LogP contribution in [0.3, 0.4) is 0 Å². The number of esters is 1. The van der Waals surface area contributed by atoms with Crippen LogP contribution >= 0.6 is 0 Å². The summed E-state index contributed by atoms with van der Waals surface area (Å²) in [6, 6.07) is 9.12. The fraction of sp³-hybridized carbons (Fsp3) is 0.462. The summed E-state index contributed by atoms with van der Waals surface area (Å²) in [5.74, 6) is -0.133. The van der Waals surface area contributed by atoms with Crippen molar-refractivity contribution in [3.05, 3.63) is 53.1 Å². The van der Waals surface area contributed by atoms with Crippen LogP contribution in [0, 0.1) is 5.92 Å². The van der Waals surface area contributed by atoms with Gasteiger partial charge in [0, 0.05) is 24.8 Å². The molecule has 0 amide bonds. The van der Waals surface area contributed by atoms with Gasteiger partial charge in [-0.15, -0.1) is 0 Å². The van der Waals surface area contributed by atoms with Gasteiger partial charge in [0.05, 0.1) is 24.3 Å². The first-order valence-electron chi connectivity index (χ1n) is 11.8. The molecule has 0 aliphatic carbocycles. The highest BCUT2D eigenvalue weighted by Gasteiger charge is 2.35. The zero-order valence-corrected chi connectivity index (χ0v) is 21.1. The van der Waals surface area contributed by atoms with E-state index in [1.54, 1.807) is 18.2 Å². The molecule has 2 heterocycles. The molecule has 0 radical (unpaired) electrons. The van der Waals surface area contributed by atoms with Crippen molar-refractivity contribution in [1.29, 1.82) is 0 Å². The maximum absolute atomic E-state index is 13.8. The minimum atomic E-state index is -4.01. The van der Waals surface area contributed by atoms with Gasteiger partial charge in [-0.2, -0.15) is 0 Å². The number of methoxy groups -OCH3 is 1. The Morgan fingerprint density at radius 1 is 1.09 bits per heavy atom. The normalized spacial score (nSPS) is 18.6. The van der Waals surface area contributed by atoms with E-state index in [0.29, 0.717) is 55.6 Å². The number of hydrogen-bond donors (Lipinski definition) is 0. The number of Topliss-reactive ketones (excluding diaryl/α,β-unsaturated/α-hetero) is 1. The second kappa shape index (κ2) is 10.4. The molecule has 188 valence electrons. The van der Waals surface area contributed by atoms with Crippen LogP contribution in [0.1, 0.15) is 59.4 Å². The molecule has 4 rings (SSSR count). The van der Waals surface area contributed by atoms with Crippen LogP contribution in [0.15, 0.2) is 41.3 Å². The molecule has 1 saturated heterocycles. The number of sulfonamides is 1. The average Bonchev–Trinajstić information content (AvgIpc) is 2.86. The first kappa shape index (κ1) is 25.2. The Kier molecular flexibility index (Phi) is 7.47. The van der Waals surface area contributed by atoms with Gasteiger partial charge in [-0.3, -0.25) is 9.10 Å². The van der Waals surface area contributed by atoms with Gasteiger partial charge in [-0.25, -0.2) is 13.2 Å². The highest BCUT2D eigenvalue weighted by molar-refractivity contribution is 7.92. The number of nitrogens with zero attached hydrogens (tertiary/aromatic N) is 1. The second-order valence-electron chi connectivity index (χ2n) is 9.10. The van der Waals surface area contributed by atoms with Crippen LogP contribution < -0.4 is 9.04 Å². The largest absolute Gasteiger partial charge is 0.492 e. The lowest BCUT2D eigenvalue weighted by molar-refractivity contribution is 0.0483. The third-order valence-corrected chi connectivity index (χ3v) is 8.61. The predicted molar refractivity (Wildman–Crippen MR) is 131 cm³/mol. The number of fused-ring (bicyclic) bond motifs is 1. The van der Waals surface area contributed by atoms with Gasteiger partial charge in [-0.1, -0.05) is 0 Å². The summed E-state index contributed by atoms with van der Waals surface area (Å²) in [7, 11) is -2.75. The molecule has 9 heteroatoms. The second-order valence-corrected chi connectivity index (χ2v) is 10.9. The molecule has 0 unspecified atom stereocenters. The van der Waals surface area contributed by atoms with Gasteiger partial charge < -0.3 is 14.2 Å². The Morgan fingerprint density at radius 2 is 1.83 bits per heavy atom. The molecule has 1 atom stereocenters. The van der Waals surface area contributed by atoms with E-state index < -0.39 is 16.0 Å². The highest BCUT2D eigenvalue weighted by Crippen LogP contribution is 2.37. The molecule has 2 aliphatic rings. The van der Waals surface area contributed by atoms with Crippen molar-refractivity contribution in [3.63, 3.8) is 0 Å². The molecule has 0 bridgehead atoms. The van der Waals surface area contributed by atoms with Crippen LogP contribution in [0.4, 0.5) is 5.69 Å². The van der Waals surface area contributed by atoms with E-state index in [2.05, 4.69) is 0 Å². The molecule has 0 N–H and O–H groups in total. The third kappa shape index (κ3) is 5.21. The molecule has 0 aromatic heterocycles. The first-order valence-corrected chi connectivity index (χ1v) is 13.3. The van der Waals surface area contributed by atoms with E-state index in [9.17, 15) is 18.0 Å². The standard InChI is InChI=1S/C26H31NO7S/c1-17-4-5-21-14-20(18(2)28)6-8-24(21)27(17)35(30,31)22-7-9-25(23(15-22)26(29)32-3)34-16-19-10-12-33-13-11-19/h6-9,14-15,17,19H,4-5,10-13,16H2,1-3H3/t17-/m0/s1. The van der Waals surface area contributed by atoms with Gasteiger partial charge in [0.1, 0.15) is 11.3 Å². The van der Waals surface area contributed by atoms with E-state index >= 15 is 0 Å². The van der Waals surface area contributed by atoms with Gasteiger partial charge in [0.15, 0.2) is 5.78 Å². The van der Waals surface area contributed by atoms with Gasteiger partial charge in [0.25, 0.3) is 10.0 Å². The summed E-state index contributed by atoms with van der Waals surface area (Å²) in [6.07, 6.45) is 3.04. The van der Waals surface area contributed by atoms with Crippen molar-refractivity contribution >= 4 is 27.5 Å². The molecule has 2 aromatic carbocycles. The number of ether oxygens (including phenoxy) is 3. The SMILES string of the molecule is COC(=O)c1cc(S(=O)(=O)N2c3ccc(C(C)=O)cc3CC[C@@H]2C)ccc1OCC1CCOCC1. The molecule has 2 aromatic rings. The van der Waals surface area contributed by atoms with Crippen LogP contribution in [-0.2, 0) is 25.9 Å². The number of carbonyl (C=O) groups is 2. The van der Waals surface area contributed by atoms with Crippen LogP contribution in [0.2, 0.25) is 0 Å². The Hall–Kier alpha value is -2.91. The minimum Gasteiger partial charge on any atom is -0.492 e. The fourth-order valence-corrected chi connectivity index (χ4v) is 6.35. The van der Waals surface area contributed by atoms with Crippen molar-refractivity contribution < 1.29 is 32.2 Å². The molecular formula is C26H31NO7S. The lowest BCUT2D eigenvalue weighted by Gasteiger charge is -2.36. The summed E-state index contributed by atoms with van der Waals surface area (Å²) >= 11 is 0. The average molecular weight is 502 g/mol. The minimum absolute atomic E-state index is 0.0216. The van der Waals surface area contributed by atoms with Crippen molar-refractivity contribution in [1.82, 2.24) is 0 Å². The van der Waals surface area contributed by atoms with Gasteiger partial charge in [0.2, 0.25) is 0 Å². The number of rotatable bonds is 7. The quantitative estimate of drug-likeness (QED) is 0.417. The number of benzene rings is 2. The van der Waals surface area contributed by atoms with Crippen molar-refractivity contribution in [2.75, 3.05) is 31.2 Å². The number of ketones is 1. The first-order chi connectivity index (χ1) is 16.7. The maximum atomic E-state index is 13.8.